The molecule has 1 amide bonds. The number of sulfone groups is 2. The number of carbonyl (C=O) groups excluding carboxylic acids is 1. The second kappa shape index (κ2) is 8.80. The van der Waals surface area contributed by atoms with Crippen LogP contribution in [0, 0.1) is 0 Å². The molecular formula is C21H26N2O7S2. The molecule has 2 aliphatic rings. The van der Waals surface area contributed by atoms with Crippen LogP contribution in [0.2, 0.25) is 0 Å². The molecule has 1 aliphatic carbocycles. The van der Waals surface area contributed by atoms with E-state index in [1.807, 2.05) is 18.2 Å². The first-order valence-corrected chi connectivity index (χ1v) is 13.7. The van der Waals surface area contributed by atoms with E-state index >= 15 is 0 Å². The quantitative estimate of drug-likeness (QED) is 0.447. The summed E-state index contributed by atoms with van der Waals surface area (Å²) in [6.45, 7) is 1.24. The van der Waals surface area contributed by atoms with Crippen molar-refractivity contribution in [3.63, 3.8) is 0 Å². The Labute approximate surface area is 187 Å². The molecule has 11 heteroatoms. The predicted octanol–water partition coefficient (Wildman–Crippen LogP) is 1.90. The molecule has 0 radical (unpaired) electrons. The van der Waals surface area contributed by atoms with Crippen LogP contribution in [0.5, 0.6) is 0 Å². The van der Waals surface area contributed by atoms with Gasteiger partial charge in [0, 0.05) is 31.3 Å². The van der Waals surface area contributed by atoms with Crippen molar-refractivity contribution in [1.82, 2.24) is 5.48 Å². The number of hydroxylamine groups is 1. The van der Waals surface area contributed by atoms with Crippen LogP contribution >= 0.6 is 0 Å². The van der Waals surface area contributed by atoms with Crippen LogP contribution < -0.4 is 5.48 Å². The fourth-order valence-corrected chi connectivity index (χ4v) is 5.22. The number of rotatable bonds is 7. The maximum Gasteiger partial charge on any atom is 0.264 e. The monoisotopic (exact) mass is 482 g/mol. The summed E-state index contributed by atoms with van der Waals surface area (Å²) < 4.78 is 45.7. The number of allylic oxidation sites excluding steroid dienone is 4. The van der Waals surface area contributed by atoms with Gasteiger partial charge in [-0.05, 0) is 36.6 Å². The van der Waals surface area contributed by atoms with Crippen LogP contribution in [0.3, 0.4) is 0 Å². The molecule has 32 heavy (non-hydrogen) atoms. The number of oxime groups is 1. The van der Waals surface area contributed by atoms with Crippen molar-refractivity contribution in [3.8, 4) is 0 Å². The third-order valence-corrected chi connectivity index (χ3v) is 9.04. The summed E-state index contributed by atoms with van der Waals surface area (Å²) >= 11 is 0. The molecule has 1 aromatic carbocycles. The highest BCUT2D eigenvalue weighted by Crippen LogP contribution is 2.32. The summed E-state index contributed by atoms with van der Waals surface area (Å²) in [6.07, 6.45) is 8.23. The molecule has 1 aliphatic heterocycles. The van der Waals surface area contributed by atoms with E-state index in [1.165, 1.54) is 18.7 Å². The molecule has 0 saturated carbocycles. The second-order valence-corrected chi connectivity index (χ2v) is 12.8. The van der Waals surface area contributed by atoms with Gasteiger partial charge in [0.05, 0.1) is 10.6 Å². The summed E-state index contributed by atoms with van der Waals surface area (Å²) in [5, 5.41) is 13.0. The van der Waals surface area contributed by atoms with Gasteiger partial charge in [0.15, 0.2) is 24.4 Å². The number of nitrogens with one attached hydrogen (secondary N) is 1. The minimum Gasteiger partial charge on any atom is -0.392 e. The maximum absolute atomic E-state index is 12.2. The van der Waals surface area contributed by atoms with Crippen molar-refractivity contribution in [2.75, 3.05) is 12.5 Å². The first-order valence-electron chi connectivity index (χ1n) is 9.91. The Hall–Kier alpha value is -2.50. The molecule has 174 valence electrons. The van der Waals surface area contributed by atoms with E-state index < -0.39 is 36.4 Å². The second-order valence-electron chi connectivity index (χ2n) is 8.32. The molecule has 3 rings (SSSR count). The van der Waals surface area contributed by atoms with E-state index in [-0.39, 0.29) is 17.2 Å². The number of carbonyl (C=O) groups is 1. The average Bonchev–Trinajstić information content (AvgIpc) is 3.20. The Balaban J connectivity index is 1.65. The lowest BCUT2D eigenvalue weighted by Crippen LogP contribution is -2.51. The highest BCUT2D eigenvalue weighted by atomic mass is 32.2. The maximum atomic E-state index is 12.2. The van der Waals surface area contributed by atoms with Crippen LogP contribution in [0.4, 0.5) is 0 Å². The lowest BCUT2D eigenvalue weighted by molar-refractivity contribution is -0.132. The Kier molecular flexibility index (Phi) is 6.64. The Morgan fingerprint density at radius 3 is 2.38 bits per heavy atom. The van der Waals surface area contributed by atoms with Gasteiger partial charge in [-0.15, -0.1) is 0 Å². The van der Waals surface area contributed by atoms with Crippen LogP contribution in [-0.2, 0) is 29.3 Å². The highest BCUT2D eigenvalue weighted by molar-refractivity contribution is 7.92. The van der Waals surface area contributed by atoms with Crippen molar-refractivity contribution in [1.29, 1.82) is 0 Å². The fourth-order valence-electron chi connectivity index (χ4n) is 3.72. The lowest BCUT2D eigenvalue weighted by Gasteiger charge is -2.26. The molecule has 0 aromatic heterocycles. The summed E-state index contributed by atoms with van der Waals surface area (Å²) in [6, 6.07) is 6.79. The number of amides is 1. The molecule has 3 atom stereocenters. The number of hydrogen-bond acceptors (Lipinski definition) is 8. The SMILES string of the molecule is CC(C[C@H]1CC(C2=CCC(c3ccc(S(C)(=O)=O)cc3)C=C2)=NO1)(C(=O)NO)S(C)(=O)=O. The van der Waals surface area contributed by atoms with Gasteiger partial charge in [-0.2, -0.15) is 0 Å². The summed E-state index contributed by atoms with van der Waals surface area (Å²) in [7, 11) is -7.07. The first kappa shape index (κ1) is 24.1. The summed E-state index contributed by atoms with van der Waals surface area (Å²) in [4.78, 5) is 17.7. The van der Waals surface area contributed by atoms with E-state index in [2.05, 4.69) is 5.16 Å². The highest BCUT2D eigenvalue weighted by Gasteiger charge is 2.47. The molecule has 0 saturated heterocycles. The minimum atomic E-state index is -3.83. The number of hydrogen-bond donors (Lipinski definition) is 2. The van der Waals surface area contributed by atoms with Gasteiger partial charge in [-0.3, -0.25) is 10.0 Å². The molecule has 0 fully saturated rings. The average molecular weight is 483 g/mol. The van der Waals surface area contributed by atoms with Crippen molar-refractivity contribution in [3.05, 3.63) is 53.6 Å². The first-order chi connectivity index (χ1) is 14.8. The Morgan fingerprint density at radius 2 is 1.88 bits per heavy atom. The van der Waals surface area contributed by atoms with Gasteiger partial charge < -0.3 is 4.84 Å². The van der Waals surface area contributed by atoms with Gasteiger partial charge in [0.1, 0.15) is 6.10 Å². The molecule has 2 unspecified atom stereocenters. The largest absolute Gasteiger partial charge is 0.392 e. The molecule has 0 bridgehead atoms. The van der Waals surface area contributed by atoms with E-state index in [0.717, 1.165) is 17.4 Å². The van der Waals surface area contributed by atoms with E-state index in [0.29, 0.717) is 18.6 Å². The number of benzene rings is 1. The van der Waals surface area contributed by atoms with Crippen LogP contribution in [0.25, 0.3) is 0 Å². The van der Waals surface area contributed by atoms with E-state index in [4.69, 9.17) is 10.0 Å². The Bertz CT molecular complexity index is 1200. The molecule has 1 heterocycles. The summed E-state index contributed by atoms with van der Waals surface area (Å²) in [5.74, 6) is -0.925. The minimum absolute atomic E-state index is 0.0906. The molecule has 1 aromatic rings. The van der Waals surface area contributed by atoms with Crippen LogP contribution in [-0.4, -0.2) is 57.0 Å². The van der Waals surface area contributed by atoms with Crippen molar-refractivity contribution >= 4 is 31.3 Å². The summed E-state index contributed by atoms with van der Waals surface area (Å²) in [5.41, 5.74) is 3.92. The van der Waals surface area contributed by atoms with E-state index in [9.17, 15) is 21.6 Å². The van der Waals surface area contributed by atoms with Crippen molar-refractivity contribution in [2.24, 2.45) is 5.16 Å². The third-order valence-electron chi connectivity index (χ3n) is 5.92. The molecule has 2 N–H and O–H groups in total. The smallest absolute Gasteiger partial charge is 0.264 e. The predicted molar refractivity (Wildman–Crippen MR) is 119 cm³/mol. The Morgan fingerprint density at radius 1 is 1.22 bits per heavy atom. The fraction of sp³-hybridized carbons (Fsp3) is 0.429. The van der Waals surface area contributed by atoms with Gasteiger partial charge in [-0.1, -0.05) is 35.5 Å². The van der Waals surface area contributed by atoms with Crippen LogP contribution in [0.1, 0.15) is 37.7 Å². The van der Waals surface area contributed by atoms with E-state index in [1.54, 1.807) is 24.3 Å². The van der Waals surface area contributed by atoms with Crippen molar-refractivity contribution in [2.45, 2.75) is 47.9 Å². The van der Waals surface area contributed by atoms with Crippen molar-refractivity contribution < 1.29 is 31.7 Å². The van der Waals surface area contributed by atoms with Gasteiger partial charge >= 0.3 is 0 Å². The molecular weight excluding hydrogens is 456 g/mol. The number of nitrogens with zero attached hydrogens (tertiary/aromatic N) is 1. The molecule has 0 spiro atoms. The zero-order chi connectivity index (χ0) is 23.7. The van der Waals surface area contributed by atoms with Gasteiger partial charge in [0.25, 0.3) is 5.91 Å². The van der Waals surface area contributed by atoms with Crippen LogP contribution in [0.15, 0.2) is 58.1 Å². The lowest BCUT2D eigenvalue weighted by atomic mass is 9.88. The standard InChI is InChI=1S/C21H26N2O7S2/c1-21(20(24)22-25,32(3,28)29)13-17-12-19(23-30-17)16-6-4-14(5-7-16)15-8-10-18(11-9-15)31(2,26)27/h4,6-11,14,17,25H,5,12-13H2,1-3H3,(H,22,24)/t14?,17-,21?/m1/s1. The normalized spacial score (nSPS) is 23.0. The van der Waals surface area contributed by atoms with Gasteiger partial charge in [0.2, 0.25) is 0 Å². The van der Waals surface area contributed by atoms with Gasteiger partial charge in [-0.25, -0.2) is 22.3 Å². The third kappa shape index (κ3) is 4.94. The zero-order valence-corrected chi connectivity index (χ0v) is 19.6. The zero-order valence-electron chi connectivity index (χ0n) is 18.0. The topological polar surface area (TPSA) is 139 Å². The molecule has 9 nitrogen and oxygen atoms in total.